The maximum Gasteiger partial charge on any atom is 0.319 e. The van der Waals surface area contributed by atoms with Crippen molar-refractivity contribution in [2.45, 2.75) is 19.1 Å². The molecule has 1 fully saturated rings. The number of hydrogen-bond acceptors (Lipinski definition) is 3. The predicted molar refractivity (Wildman–Crippen MR) is 105 cm³/mol. The number of rotatable bonds is 4. The topological polar surface area (TPSA) is 70.7 Å². The lowest BCUT2D eigenvalue weighted by Gasteiger charge is -2.34. The van der Waals surface area contributed by atoms with Crippen LogP contribution in [0.15, 0.2) is 54.6 Å². The third-order valence-corrected chi connectivity index (χ3v) is 4.59. The molecule has 1 unspecified atom stereocenters. The second-order valence-corrected chi connectivity index (χ2v) is 6.82. The molecule has 27 heavy (non-hydrogen) atoms. The van der Waals surface area contributed by atoms with Gasteiger partial charge in [0.25, 0.3) is 0 Å². The second kappa shape index (κ2) is 8.88. The summed E-state index contributed by atoms with van der Waals surface area (Å²) in [6, 6.07) is 15.5. The average Bonchev–Trinajstić information content (AvgIpc) is 2.68. The third-order valence-electron chi connectivity index (χ3n) is 4.35. The summed E-state index contributed by atoms with van der Waals surface area (Å²) in [5.74, 6) is -0.138. The zero-order chi connectivity index (χ0) is 19.2. The molecule has 3 rings (SSSR count). The van der Waals surface area contributed by atoms with Crippen molar-refractivity contribution in [1.29, 1.82) is 0 Å². The van der Waals surface area contributed by atoms with E-state index in [1.807, 2.05) is 30.3 Å². The lowest BCUT2D eigenvalue weighted by molar-refractivity contribution is -0.140. The molecule has 0 radical (unpaired) electrons. The Morgan fingerprint density at radius 2 is 1.96 bits per heavy atom. The SMILES string of the molecule is C[C@@H](NC(=O)Nc1cccc(Cl)c1)C(=O)N1CCOC(c2ccccc2)C1. The molecule has 2 atom stereocenters. The first-order chi connectivity index (χ1) is 13.0. The fraction of sp³-hybridized carbons (Fsp3) is 0.300. The maximum absolute atomic E-state index is 12.7. The van der Waals surface area contributed by atoms with Gasteiger partial charge >= 0.3 is 6.03 Å². The summed E-state index contributed by atoms with van der Waals surface area (Å²) < 4.78 is 5.79. The third kappa shape index (κ3) is 5.21. The van der Waals surface area contributed by atoms with Gasteiger partial charge in [-0.2, -0.15) is 0 Å². The molecule has 1 aliphatic rings. The van der Waals surface area contributed by atoms with E-state index in [1.165, 1.54) is 0 Å². The Hall–Kier alpha value is -2.57. The number of benzene rings is 2. The molecule has 2 N–H and O–H groups in total. The number of amides is 3. The fourth-order valence-electron chi connectivity index (χ4n) is 2.98. The second-order valence-electron chi connectivity index (χ2n) is 6.38. The Balaban J connectivity index is 1.55. The molecular formula is C20H22ClN3O3. The van der Waals surface area contributed by atoms with E-state index in [2.05, 4.69) is 10.6 Å². The number of carbonyl (C=O) groups is 2. The van der Waals surface area contributed by atoms with Crippen LogP contribution in [0.1, 0.15) is 18.6 Å². The molecule has 1 aliphatic heterocycles. The largest absolute Gasteiger partial charge is 0.370 e. The Bertz CT molecular complexity index is 800. The minimum Gasteiger partial charge on any atom is -0.370 e. The first-order valence-corrected chi connectivity index (χ1v) is 9.19. The summed E-state index contributed by atoms with van der Waals surface area (Å²) in [6.45, 7) is 3.11. The number of carbonyl (C=O) groups excluding carboxylic acids is 2. The summed E-state index contributed by atoms with van der Waals surface area (Å²) in [5, 5.41) is 5.88. The normalized spacial score (nSPS) is 17.9. The Labute approximate surface area is 163 Å². The van der Waals surface area contributed by atoms with Gasteiger partial charge in [0, 0.05) is 17.3 Å². The lowest BCUT2D eigenvalue weighted by atomic mass is 10.1. The van der Waals surface area contributed by atoms with Crippen LogP contribution in [0, 0.1) is 0 Å². The first-order valence-electron chi connectivity index (χ1n) is 8.81. The first kappa shape index (κ1) is 19.2. The molecule has 1 saturated heterocycles. The number of hydrogen-bond donors (Lipinski definition) is 2. The molecular weight excluding hydrogens is 366 g/mol. The Kier molecular flexibility index (Phi) is 6.32. The van der Waals surface area contributed by atoms with Crippen molar-refractivity contribution < 1.29 is 14.3 Å². The number of urea groups is 1. The highest BCUT2D eigenvalue weighted by Crippen LogP contribution is 2.22. The zero-order valence-corrected chi connectivity index (χ0v) is 15.8. The monoisotopic (exact) mass is 387 g/mol. The summed E-state index contributed by atoms with van der Waals surface area (Å²) in [4.78, 5) is 26.6. The van der Waals surface area contributed by atoms with E-state index in [9.17, 15) is 9.59 Å². The highest BCUT2D eigenvalue weighted by Gasteiger charge is 2.28. The molecule has 0 spiro atoms. The van der Waals surface area contributed by atoms with Crippen LogP contribution in [0.5, 0.6) is 0 Å². The van der Waals surface area contributed by atoms with E-state index in [0.29, 0.717) is 30.4 Å². The molecule has 3 amide bonds. The molecule has 2 aromatic carbocycles. The van der Waals surface area contributed by atoms with Crippen LogP contribution in [0.25, 0.3) is 0 Å². The molecule has 6 nitrogen and oxygen atoms in total. The highest BCUT2D eigenvalue weighted by atomic mass is 35.5. The average molecular weight is 388 g/mol. The van der Waals surface area contributed by atoms with Gasteiger partial charge < -0.3 is 20.3 Å². The van der Waals surface area contributed by atoms with Crippen LogP contribution < -0.4 is 10.6 Å². The highest BCUT2D eigenvalue weighted by molar-refractivity contribution is 6.30. The van der Waals surface area contributed by atoms with Gasteiger partial charge in [-0.1, -0.05) is 48.0 Å². The van der Waals surface area contributed by atoms with Crippen LogP contribution >= 0.6 is 11.6 Å². The molecule has 0 aromatic heterocycles. The number of morpholine rings is 1. The van der Waals surface area contributed by atoms with Crippen molar-refractivity contribution in [3.63, 3.8) is 0 Å². The van der Waals surface area contributed by atoms with Crippen LogP contribution in [-0.2, 0) is 9.53 Å². The van der Waals surface area contributed by atoms with E-state index < -0.39 is 12.1 Å². The predicted octanol–water partition coefficient (Wildman–Crippen LogP) is 3.45. The van der Waals surface area contributed by atoms with Crippen LogP contribution in [0.2, 0.25) is 5.02 Å². The van der Waals surface area contributed by atoms with Gasteiger partial charge in [-0.25, -0.2) is 4.79 Å². The van der Waals surface area contributed by atoms with Gasteiger partial charge in [-0.05, 0) is 30.7 Å². The van der Waals surface area contributed by atoms with Crippen LogP contribution in [0.4, 0.5) is 10.5 Å². The standard InChI is InChI=1S/C20H22ClN3O3/c1-14(22-20(26)23-17-9-5-8-16(21)12-17)19(25)24-10-11-27-18(13-24)15-6-3-2-4-7-15/h2-9,12,14,18H,10-11,13H2,1H3,(H2,22,23,26)/t14-,18?/m1/s1. The number of ether oxygens (including phenoxy) is 1. The van der Waals surface area contributed by atoms with Gasteiger partial charge in [0.05, 0.1) is 13.2 Å². The van der Waals surface area contributed by atoms with Crippen molar-refractivity contribution in [3.8, 4) is 0 Å². The molecule has 0 saturated carbocycles. The Morgan fingerprint density at radius 1 is 1.19 bits per heavy atom. The molecule has 0 aliphatic carbocycles. The number of nitrogens with one attached hydrogen (secondary N) is 2. The molecule has 2 aromatic rings. The Morgan fingerprint density at radius 3 is 2.70 bits per heavy atom. The molecule has 7 heteroatoms. The van der Waals surface area contributed by atoms with Crippen molar-refractivity contribution in [1.82, 2.24) is 10.2 Å². The van der Waals surface area contributed by atoms with Gasteiger partial charge in [-0.15, -0.1) is 0 Å². The summed E-state index contributed by atoms with van der Waals surface area (Å²) in [6.07, 6.45) is -0.156. The minimum absolute atomic E-state index is 0.138. The molecule has 1 heterocycles. The van der Waals surface area contributed by atoms with E-state index in [0.717, 1.165) is 5.56 Å². The van der Waals surface area contributed by atoms with Gasteiger partial charge in [0.2, 0.25) is 5.91 Å². The fourth-order valence-corrected chi connectivity index (χ4v) is 3.17. The quantitative estimate of drug-likeness (QED) is 0.844. The van der Waals surface area contributed by atoms with Gasteiger partial charge in [0.15, 0.2) is 0 Å². The van der Waals surface area contributed by atoms with E-state index in [-0.39, 0.29) is 12.0 Å². The lowest BCUT2D eigenvalue weighted by Crippen LogP contribution is -2.51. The maximum atomic E-state index is 12.7. The number of anilines is 1. The number of nitrogens with zero attached hydrogens (tertiary/aromatic N) is 1. The van der Waals surface area contributed by atoms with Crippen molar-refractivity contribution in [2.75, 3.05) is 25.0 Å². The van der Waals surface area contributed by atoms with Gasteiger partial charge in [-0.3, -0.25) is 4.79 Å². The smallest absolute Gasteiger partial charge is 0.319 e. The van der Waals surface area contributed by atoms with Crippen molar-refractivity contribution in [3.05, 3.63) is 65.2 Å². The van der Waals surface area contributed by atoms with Crippen molar-refractivity contribution in [2.24, 2.45) is 0 Å². The van der Waals surface area contributed by atoms with E-state index in [1.54, 1.807) is 36.1 Å². The van der Waals surface area contributed by atoms with Crippen LogP contribution in [0.3, 0.4) is 0 Å². The summed E-state index contributed by atoms with van der Waals surface area (Å²) in [7, 11) is 0. The number of halogens is 1. The molecule has 142 valence electrons. The van der Waals surface area contributed by atoms with Crippen LogP contribution in [-0.4, -0.2) is 42.6 Å². The van der Waals surface area contributed by atoms with E-state index in [4.69, 9.17) is 16.3 Å². The van der Waals surface area contributed by atoms with Crippen molar-refractivity contribution >= 4 is 29.2 Å². The zero-order valence-electron chi connectivity index (χ0n) is 15.0. The van der Waals surface area contributed by atoms with E-state index >= 15 is 0 Å². The minimum atomic E-state index is -0.654. The van der Waals surface area contributed by atoms with Gasteiger partial charge in [0.1, 0.15) is 12.1 Å². The summed E-state index contributed by atoms with van der Waals surface area (Å²) in [5.41, 5.74) is 1.60. The molecule has 0 bridgehead atoms. The summed E-state index contributed by atoms with van der Waals surface area (Å²) >= 11 is 5.91.